The number of aromatic nitrogens is 2. The zero-order chi connectivity index (χ0) is 9.68. The van der Waals surface area contributed by atoms with Gasteiger partial charge in [0.2, 0.25) is 0 Å². The fraction of sp³-hybridized carbons (Fsp3) is 0.500. The molecule has 1 aromatic rings. The zero-order valence-electron chi connectivity index (χ0n) is 8.13. The summed E-state index contributed by atoms with van der Waals surface area (Å²) in [4.78, 5) is 0. The lowest BCUT2D eigenvalue weighted by molar-refractivity contribution is 0.719. The summed E-state index contributed by atoms with van der Waals surface area (Å²) >= 11 is 3.39. The standard InChI is InChI=1S/C10H15BrN2/c1-9-8-10(13(2)12-9)6-4-3-5-7-11/h3-4,8H,5-7H2,1-2H3. The highest BCUT2D eigenvalue weighted by Gasteiger charge is 1.97. The van der Waals surface area contributed by atoms with Gasteiger partial charge in [-0.15, -0.1) is 0 Å². The monoisotopic (exact) mass is 242 g/mol. The first-order chi connectivity index (χ1) is 6.24. The van der Waals surface area contributed by atoms with Gasteiger partial charge >= 0.3 is 0 Å². The number of hydrogen-bond donors (Lipinski definition) is 0. The van der Waals surface area contributed by atoms with E-state index in [1.54, 1.807) is 0 Å². The van der Waals surface area contributed by atoms with Crippen LogP contribution < -0.4 is 0 Å². The zero-order valence-corrected chi connectivity index (χ0v) is 9.71. The average molecular weight is 243 g/mol. The van der Waals surface area contributed by atoms with Crippen molar-refractivity contribution in [2.75, 3.05) is 5.33 Å². The maximum Gasteiger partial charge on any atom is 0.0596 e. The van der Waals surface area contributed by atoms with Gasteiger partial charge in [-0.2, -0.15) is 5.10 Å². The molecule has 0 spiro atoms. The van der Waals surface area contributed by atoms with Gasteiger partial charge in [0, 0.05) is 24.5 Å². The minimum absolute atomic E-state index is 0.977. The fourth-order valence-corrected chi connectivity index (χ4v) is 1.50. The average Bonchev–Trinajstić information content (AvgIpc) is 2.39. The van der Waals surface area contributed by atoms with Crippen LogP contribution in [-0.2, 0) is 13.5 Å². The summed E-state index contributed by atoms with van der Waals surface area (Å²) in [5, 5.41) is 5.32. The van der Waals surface area contributed by atoms with Crippen LogP contribution in [0.5, 0.6) is 0 Å². The van der Waals surface area contributed by atoms with Gasteiger partial charge in [-0.25, -0.2) is 0 Å². The van der Waals surface area contributed by atoms with Crippen molar-refractivity contribution in [3.05, 3.63) is 29.6 Å². The van der Waals surface area contributed by atoms with Crippen molar-refractivity contribution in [3.63, 3.8) is 0 Å². The predicted molar refractivity (Wildman–Crippen MR) is 59.2 cm³/mol. The van der Waals surface area contributed by atoms with Crippen molar-refractivity contribution in [2.24, 2.45) is 7.05 Å². The normalized spacial score (nSPS) is 11.3. The first-order valence-electron chi connectivity index (χ1n) is 4.44. The largest absolute Gasteiger partial charge is 0.272 e. The van der Waals surface area contributed by atoms with E-state index >= 15 is 0 Å². The highest BCUT2D eigenvalue weighted by atomic mass is 79.9. The van der Waals surface area contributed by atoms with Gasteiger partial charge in [-0.05, 0) is 19.4 Å². The van der Waals surface area contributed by atoms with Crippen molar-refractivity contribution in [2.45, 2.75) is 19.8 Å². The van der Waals surface area contributed by atoms with Crippen LogP contribution in [0.2, 0.25) is 0 Å². The van der Waals surface area contributed by atoms with Crippen molar-refractivity contribution < 1.29 is 0 Å². The molecule has 0 saturated heterocycles. The number of nitrogens with zero attached hydrogens (tertiary/aromatic N) is 2. The molecular formula is C10H15BrN2. The van der Waals surface area contributed by atoms with Gasteiger partial charge < -0.3 is 0 Å². The molecule has 0 bridgehead atoms. The molecule has 0 N–H and O–H groups in total. The molecule has 0 aliphatic rings. The van der Waals surface area contributed by atoms with Crippen molar-refractivity contribution in [1.29, 1.82) is 0 Å². The minimum atomic E-state index is 0.977. The quantitative estimate of drug-likeness (QED) is 0.587. The number of hydrogen-bond acceptors (Lipinski definition) is 1. The molecule has 1 heterocycles. The van der Waals surface area contributed by atoms with Crippen LogP contribution >= 0.6 is 15.9 Å². The summed E-state index contributed by atoms with van der Waals surface area (Å²) in [6, 6.07) is 2.12. The molecule has 2 nitrogen and oxygen atoms in total. The molecule has 13 heavy (non-hydrogen) atoms. The summed E-state index contributed by atoms with van der Waals surface area (Å²) < 4.78 is 1.94. The number of halogens is 1. The van der Waals surface area contributed by atoms with Crippen LogP contribution in [0.4, 0.5) is 0 Å². The van der Waals surface area contributed by atoms with Gasteiger partial charge in [0.05, 0.1) is 5.69 Å². The second-order valence-corrected chi connectivity index (χ2v) is 3.85. The van der Waals surface area contributed by atoms with E-state index in [1.165, 1.54) is 5.69 Å². The van der Waals surface area contributed by atoms with Crippen molar-refractivity contribution >= 4 is 15.9 Å². The fourth-order valence-electron chi connectivity index (χ4n) is 1.24. The Morgan fingerprint density at radius 2 is 2.31 bits per heavy atom. The lowest BCUT2D eigenvalue weighted by Gasteiger charge is -1.95. The summed E-state index contributed by atoms with van der Waals surface area (Å²) in [5.41, 5.74) is 2.36. The molecule has 0 atom stereocenters. The van der Waals surface area contributed by atoms with Crippen LogP contribution in [0.15, 0.2) is 18.2 Å². The van der Waals surface area contributed by atoms with Gasteiger partial charge in [0.1, 0.15) is 0 Å². The van der Waals surface area contributed by atoms with E-state index in [1.807, 2.05) is 18.7 Å². The van der Waals surface area contributed by atoms with E-state index in [4.69, 9.17) is 0 Å². The van der Waals surface area contributed by atoms with Crippen LogP contribution in [0, 0.1) is 6.92 Å². The van der Waals surface area contributed by atoms with E-state index in [-0.39, 0.29) is 0 Å². The Morgan fingerprint density at radius 1 is 1.54 bits per heavy atom. The Labute approximate surface area is 87.8 Å². The molecule has 1 aromatic heterocycles. The van der Waals surface area contributed by atoms with E-state index in [2.05, 4.69) is 39.2 Å². The molecule has 0 saturated carbocycles. The van der Waals surface area contributed by atoms with E-state index in [0.29, 0.717) is 0 Å². The highest BCUT2D eigenvalue weighted by Crippen LogP contribution is 2.03. The smallest absolute Gasteiger partial charge is 0.0596 e. The molecule has 0 aliphatic heterocycles. The summed E-state index contributed by atoms with van der Waals surface area (Å²) in [7, 11) is 1.99. The van der Waals surface area contributed by atoms with Gasteiger partial charge in [0.15, 0.2) is 0 Å². The van der Waals surface area contributed by atoms with Crippen LogP contribution in [0.25, 0.3) is 0 Å². The van der Waals surface area contributed by atoms with Gasteiger partial charge in [0.25, 0.3) is 0 Å². The predicted octanol–water partition coefficient (Wildman–Crippen LogP) is 2.61. The second-order valence-electron chi connectivity index (χ2n) is 3.05. The van der Waals surface area contributed by atoms with Crippen LogP contribution in [0.3, 0.4) is 0 Å². The Bertz CT molecular complexity index is 289. The summed E-state index contributed by atoms with van der Waals surface area (Å²) in [6.45, 7) is 2.02. The first-order valence-corrected chi connectivity index (χ1v) is 5.56. The van der Waals surface area contributed by atoms with Gasteiger partial charge in [-0.3, -0.25) is 4.68 Å². The SMILES string of the molecule is Cc1cc(CC=CCCBr)n(C)n1. The Morgan fingerprint density at radius 3 is 2.85 bits per heavy atom. The van der Waals surface area contributed by atoms with E-state index in [9.17, 15) is 0 Å². The topological polar surface area (TPSA) is 17.8 Å². The third-order valence-corrected chi connectivity index (χ3v) is 2.33. The lowest BCUT2D eigenvalue weighted by atomic mass is 10.2. The Hall–Kier alpha value is -0.570. The minimum Gasteiger partial charge on any atom is -0.272 e. The molecule has 0 aliphatic carbocycles. The molecule has 0 aromatic carbocycles. The summed E-state index contributed by atoms with van der Waals surface area (Å²) in [5.74, 6) is 0. The van der Waals surface area contributed by atoms with Crippen LogP contribution in [0.1, 0.15) is 17.8 Å². The number of alkyl halides is 1. The van der Waals surface area contributed by atoms with Gasteiger partial charge in [-0.1, -0.05) is 28.1 Å². The maximum absolute atomic E-state index is 4.28. The van der Waals surface area contributed by atoms with E-state index in [0.717, 1.165) is 23.9 Å². The number of aryl methyl sites for hydroxylation is 2. The van der Waals surface area contributed by atoms with Crippen molar-refractivity contribution in [1.82, 2.24) is 9.78 Å². The Balaban J connectivity index is 2.49. The third-order valence-electron chi connectivity index (χ3n) is 1.87. The lowest BCUT2D eigenvalue weighted by Crippen LogP contribution is -1.96. The number of allylic oxidation sites excluding steroid dienone is 2. The highest BCUT2D eigenvalue weighted by molar-refractivity contribution is 9.09. The van der Waals surface area contributed by atoms with E-state index < -0.39 is 0 Å². The second kappa shape index (κ2) is 5.22. The molecule has 72 valence electrons. The molecule has 1 rings (SSSR count). The molecule has 0 radical (unpaired) electrons. The first kappa shape index (κ1) is 10.5. The molecule has 0 fully saturated rings. The van der Waals surface area contributed by atoms with Crippen LogP contribution in [-0.4, -0.2) is 15.1 Å². The Kier molecular flexibility index (Phi) is 4.22. The molecule has 0 amide bonds. The third kappa shape index (κ3) is 3.35. The molecule has 0 unspecified atom stereocenters. The molecule has 3 heteroatoms. The number of rotatable bonds is 4. The molecular weight excluding hydrogens is 228 g/mol. The van der Waals surface area contributed by atoms with Crippen molar-refractivity contribution in [3.8, 4) is 0 Å². The summed E-state index contributed by atoms with van der Waals surface area (Å²) in [6.07, 6.45) is 6.45. The maximum atomic E-state index is 4.28.